The summed E-state index contributed by atoms with van der Waals surface area (Å²) in [6, 6.07) is 8.35. The molecular weight excluding hydrogens is 347 g/mol. The summed E-state index contributed by atoms with van der Waals surface area (Å²) in [5, 5.41) is 6.41. The Labute approximate surface area is 159 Å². The summed E-state index contributed by atoms with van der Waals surface area (Å²) in [5.41, 5.74) is 0.797. The van der Waals surface area contributed by atoms with Gasteiger partial charge in [-0.25, -0.2) is 4.39 Å². The first-order valence-corrected chi connectivity index (χ1v) is 9.11. The first kappa shape index (κ1) is 20.6. The molecule has 0 fully saturated rings. The maximum Gasteiger partial charge on any atom is 0.191 e. The number of nitrogens with zero attached hydrogens (tertiary/aromatic N) is 2. The average Bonchev–Trinajstić information content (AvgIpc) is 2.69. The lowest BCUT2D eigenvalue weighted by Crippen LogP contribution is -2.37. The number of pyridine rings is 1. The van der Waals surface area contributed by atoms with Crippen molar-refractivity contribution < 1.29 is 13.9 Å². The molecule has 0 unspecified atom stereocenters. The standard InChI is InChI=1S/C20H27FN4O2/c1-3-26-12-5-4-11-24-20(22-2)25-14-16-8-9-19(18(21)13-16)27-17-7-6-10-23-15-17/h6-10,13,15H,3-5,11-12,14H2,1-2H3,(H2,22,24,25). The van der Waals surface area contributed by atoms with Crippen LogP contribution in [0.1, 0.15) is 25.3 Å². The summed E-state index contributed by atoms with van der Waals surface area (Å²) in [5.74, 6) is 0.930. The number of halogens is 1. The highest BCUT2D eigenvalue weighted by molar-refractivity contribution is 5.79. The van der Waals surface area contributed by atoms with E-state index < -0.39 is 5.82 Å². The second-order valence-corrected chi connectivity index (χ2v) is 5.81. The molecule has 2 aromatic rings. The predicted octanol–water partition coefficient (Wildman–Crippen LogP) is 3.49. The van der Waals surface area contributed by atoms with Gasteiger partial charge in [0, 0.05) is 39.5 Å². The molecule has 27 heavy (non-hydrogen) atoms. The number of aromatic nitrogens is 1. The molecule has 6 nitrogen and oxygen atoms in total. The Morgan fingerprint density at radius 3 is 2.81 bits per heavy atom. The molecule has 0 bridgehead atoms. The van der Waals surface area contributed by atoms with Crippen molar-refractivity contribution in [1.29, 1.82) is 0 Å². The monoisotopic (exact) mass is 374 g/mol. The van der Waals surface area contributed by atoms with Crippen molar-refractivity contribution in [3.8, 4) is 11.5 Å². The van der Waals surface area contributed by atoms with Gasteiger partial charge in [-0.05, 0) is 49.6 Å². The molecule has 0 radical (unpaired) electrons. The number of guanidine groups is 1. The number of benzene rings is 1. The highest BCUT2D eigenvalue weighted by Gasteiger charge is 2.07. The first-order valence-electron chi connectivity index (χ1n) is 9.11. The van der Waals surface area contributed by atoms with E-state index in [1.807, 2.05) is 13.0 Å². The molecule has 0 spiro atoms. The normalized spacial score (nSPS) is 11.3. The summed E-state index contributed by atoms with van der Waals surface area (Å²) >= 11 is 0. The van der Waals surface area contributed by atoms with E-state index in [0.29, 0.717) is 18.3 Å². The van der Waals surface area contributed by atoms with E-state index in [1.165, 1.54) is 6.07 Å². The molecule has 0 aliphatic carbocycles. The number of rotatable bonds is 10. The van der Waals surface area contributed by atoms with Crippen LogP contribution in [0.3, 0.4) is 0 Å². The van der Waals surface area contributed by atoms with Gasteiger partial charge in [-0.1, -0.05) is 6.07 Å². The van der Waals surface area contributed by atoms with Crippen LogP contribution < -0.4 is 15.4 Å². The number of hydrogen-bond donors (Lipinski definition) is 2. The third-order valence-electron chi connectivity index (χ3n) is 3.75. The van der Waals surface area contributed by atoms with Crippen LogP contribution in [0.2, 0.25) is 0 Å². The third-order valence-corrected chi connectivity index (χ3v) is 3.75. The second-order valence-electron chi connectivity index (χ2n) is 5.81. The third kappa shape index (κ3) is 7.62. The molecular formula is C20H27FN4O2. The van der Waals surface area contributed by atoms with Gasteiger partial charge in [0.15, 0.2) is 17.5 Å². The lowest BCUT2D eigenvalue weighted by Gasteiger charge is -2.13. The number of hydrogen-bond acceptors (Lipinski definition) is 4. The maximum absolute atomic E-state index is 14.3. The van der Waals surface area contributed by atoms with Gasteiger partial charge in [0.2, 0.25) is 0 Å². The van der Waals surface area contributed by atoms with Gasteiger partial charge in [0.25, 0.3) is 0 Å². The van der Waals surface area contributed by atoms with Crippen LogP contribution in [0.5, 0.6) is 11.5 Å². The summed E-state index contributed by atoms with van der Waals surface area (Å²) in [7, 11) is 1.71. The van der Waals surface area contributed by atoms with Gasteiger partial charge in [-0.2, -0.15) is 0 Å². The smallest absolute Gasteiger partial charge is 0.191 e. The molecule has 146 valence electrons. The van der Waals surface area contributed by atoms with Crippen LogP contribution in [0, 0.1) is 5.82 Å². The van der Waals surface area contributed by atoms with E-state index in [9.17, 15) is 4.39 Å². The number of ether oxygens (including phenoxy) is 2. The van der Waals surface area contributed by atoms with Gasteiger partial charge in [-0.15, -0.1) is 0 Å². The number of nitrogens with one attached hydrogen (secondary N) is 2. The Morgan fingerprint density at radius 1 is 1.22 bits per heavy atom. The molecule has 1 aromatic carbocycles. The molecule has 0 saturated heterocycles. The molecule has 2 rings (SSSR count). The topological polar surface area (TPSA) is 67.8 Å². The molecule has 0 saturated carbocycles. The van der Waals surface area contributed by atoms with Gasteiger partial charge < -0.3 is 20.1 Å². The van der Waals surface area contributed by atoms with E-state index >= 15 is 0 Å². The maximum atomic E-state index is 14.3. The molecule has 0 aliphatic heterocycles. The molecule has 7 heteroatoms. The van der Waals surface area contributed by atoms with Gasteiger partial charge in [0.05, 0.1) is 6.20 Å². The lowest BCUT2D eigenvalue weighted by molar-refractivity contribution is 0.143. The van der Waals surface area contributed by atoms with Crippen LogP contribution in [0.25, 0.3) is 0 Å². The van der Waals surface area contributed by atoms with Crippen LogP contribution in [0.4, 0.5) is 4.39 Å². The molecule has 0 amide bonds. The fourth-order valence-electron chi connectivity index (χ4n) is 2.36. The Kier molecular flexibility index (Phi) is 9.06. The molecule has 0 aliphatic rings. The SMILES string of the molecule is CCOCCCCNC(=NC)NCc1ccc(Oc2cccnc2)c(F)c1. The van der Waals surface area contributed by atoms with Crippen LogP contribution in [-0.2, 0) is 11.3 Å². The quantitative estimate of drug-likeness (QED) is 0.379. The fourth-order valence-corrected chi connectivity index (χ4v) is 2.36. The van der Waals surface area contributed by atoms with Crippen molar-refractivity contribution in [2.24, 2.45) is 4.99 Å². The Balaban J connectivity index is 1.78. The van der Waals surface area contributed by atoms with Crippen LogP contribution in [0.15, 0.2) is 47.7 Å². The van der Waals surface area contributed by atoms with Crippen molar-refractivity contribution in [1.82, 2.24) is 15.6 Å². The van der Waals surface area contributed by atoms with Crippen molar-refractivity contribution in [2.75, 3.05) is 26.8 Å². The minimum absolute atomic E-state index is 0.170. The highest BCUT2D eigenvalue weighted by atomic mass is 19.1. The van der Waals surface area contributed by atoms with Crippen molar-refractivity contribution in [3.63, 3.8) is 0 Å². The largest absolute Gasteiger partial charge is 0.453 e. The molecule has 1 heterocycles. The van der Waals surface area contributed by atoms with E-state index in [1.54, 1.807) is 37.6 Å². The molecule has 2 N–H and O–H groups in total. The van der Waals surface area contributed by atoms with Crippen LogP contribution in [-0.4, -0.2) is 37.7 Å². The molecule has 1 aromatic heterocycles. The predicted molar refractivity (Wildman–Crippen MR) is 105 cm³/mol. The second kappa shape index (κ2) is 11.9. The zero-order valence-electron chi connectivity index (χ0n) is 15.9. The van der Waals surface area contributed by atoms with Gasteiger partial charge >= 0.3 is 0 Å². The minimum Gasteiger partial charge on any atom is -0.453 e. The zero-order chi connectivity index (χ0) is 19.3. The summed E-state index contributed by atoms with van der Waals surface area (Å²) < 4.78 is 25.1. The van der Waals surface area contributed by atoms with E-state index in [-0.39, 0.29) is 5.75 Å². The summed E-state index contributed by atoms with van der Waals surface area (Å²) in [6.07, 6.45) is 5.17. The Bertz CT molecular complexity index is 710. The average molecular weight is 374 g/mol. The van der Waals surface area contributed by atoms with Crippen molar-refractivity contribution >= 4 is 5.96 Å². The summed E-state index contributed by atoms with van der Waals surface area (Å²) in [6.45, 7) is 4.78. The lowest BCUT2D eigenvalue weighted by atomic mass is 10.2. The molecule has 0 atom stereocenters. The van der Waals surface area contributed by atoms with E-state index in [4.69, 9.17) is 9.47 Å². The Hall–Kier alpha value is -2.67. The van der Waals surface area contributed by atoms with Gasteiger partial charge in [0.1, 0.15) is 5.75 Å². The van der Waals surface area contributed by atoms with E-state index in [0.717, 1.165) is 38.2 Å². The van der Waals surface area contributed by atoms with E-state index in [2.05, 4.69) is 20.6 Å². The zero-order valence-corrected chi connectivity index (χ0v) is 15.9. The minimum atomic E-state index is -0.419. The van der Waals surface area contributed by atoms with Crippen molar-refractivity contribution in [3.05, 3.63) is 54.1 Å². The Morgan fingerprint density at radius 2 is 2.11 bits per heavy atom. The van der Waals surface area contributed by atoms with Crippen LogP contribution >= 0.6 is 0 Å². The highest BCUT2D eigenvalue weighted by Crippen LogP contribution is 2.24. The number of aliphatic imine (C=N–C) groups is 1. The fraction of sp³-hybridized carbons (Fsp3) is 0.400. The van der Waals surface area contributed by atoms with Gasteiger partial charge in [-0.3, -0.25) is 9.98 Å². The summed E-state index contributed by atoms with van der Waals surface area (Å²) in [4.78, 5) is 8.12. The van der Waals surface area contributed by atoms with Crippen molar-refractivity contribution in [2.45, 2.75) is 26.3 Å². The first-order chi connectivity index (χ1) is 13.2. The number of unbranched alkanes of at least 4 members (excludes halogenated alkanes) is 1.